The van der Waals surface area contributed by atoms with Crippen molar-refractivity contribution < 1.29 is 9.59 Å². The van der Waals surface area contributed by atoms with Gasteiger partial charge < -0.3 is 0 Å². The average molecular weight is 331 g/mol. The summed E-state index contributed by atoms with van der Waals surface area (Å²) in [5.74, 6) is -0.382. The highest BCUT2D eigenvalue weighted by molar-refractivity contribution is 7.80. The van der Waals surface area contributed by atoms with Gasteiger partial charge in [-0.15, -0.1) is 0 Å². The van der Waals surface area contributed by atoms with Gasteiger partial charge in [0.2, 0.25) is 11.8 Å². The number of carbonyl (C=O) groups excluding carboxylic acids is 2. The van der Waals surface area contributed by atoms with Crippen LogP contribution in [0.15, 0.2) is 36.4 Å². The molecule has 23 heavy (non-hydrogen) atoms. The monoisotopic (exact) mass is 331 g/mol. The largest absolute Gasteiger partial charge is 0.298 e. The van der Waals surface area contributed by atoms with Crippen molar-refractivity contribution in [2.45, 2.75) is 32.1 Å². The minimum Gasteiger partial charge on any atom is -0.298 e. The zero-order chi connectivity index (χ0) is 16.5. The van der Waals surface area contributed by atoms with Crippen LogP contribution in [0.2, 0.25) is 0 Å². The molecular formula is C17H21N3O2S. The summed E-state index contributed by atoms with van der Waals surface area (Å²) in [5.41, 5.74) is 6.06. The topological polar surface area (TPSA) is 70.2 Å². The Hall–Kier alpha value is -2.21. The van der Waals surface area contributed by atoms with E-state index in [1.165, 1.54) is 12.5 Å². The number of carbonyl (C=O) groups is 2. The quantitative estimate of drug-likeness (QED) is 0.452. The molecule has 0 heterocycles. The number of hydrogen-bond donors (Lipinski definition) is 3. The van der Waals surface area contributed by atoms with Crippen LogP contribution in [-0.2, 0) is 9.59 Å². The van der Waals surface area contributed by atoms with E-state index in [9.17, 15) is 9.59 Å². The molecule has 5 nitrogen and oxygen atoms in total. The minimum atomic E-state index is -0.349. The first kappa shape index (κ1) is 17.1. The highest BCUT2D eigenvalue weighted by atomic mass is 32.1. The van der Waals surface area contributed by atoms with Gasteiger partial charge in [0.15, 0.2) is 5.11 Å². The van der Waals surface area contributed by atoms with Gasteiger partial charge >= 0.3 is 0 Å². The van der Waals surface area contributed by atoms with Crippen LogP contribution >= 0.6 is 12.2 Å². The van der Waals surface area contributed by atoms with Crippen LogP contribution in [0.1, 0.15) is 37.7 Å². The van der Waals surface area contributed by atoms with Crippen molar-refractivity contribution in [1.29, 1.82) is 0 Å². The van der Waals surface area contributed by atoms with Crippen molar-refractivity contribution >= 4 is 35.2 Å². The van der Waals surface area contributed by atoms with Gasteiger partial charge in [0.05, 0.1) is 0 Å². The molecule has 1 aromatic carbocycles. The lowest BCUT2D eigenvalue weighted by Crippen LogP contribution is -2.50. The second-order valence-electron chi connectivity index (χ2n) is 5.51. The van der Waals surface area contributed by atoms with Gasteiger partial charge in [0.25, 0.3) is 0 Å². The molecule has 0 unspecified atom stereocenters. The minimum absolute atomic E-state index is 0.0349. The molecule has 1 aliphatic rings. The first-order valence-electron chi connectivity index (χ1n) is 7.79. The van der Waals surface area contributed by atoms with E-state index in [1.54, 1.807) is 6.08 Å². The van der Waals surface area contributed by atoms with Crippen LogP contribution in [0.5, 0.6) is 0 Å². The molecule has 0 spiro atoms. The second-order valence-corrected chi connectivity index (χ2v) is 5.92. The van der Waals surface area contributed by atoms with E-state index in [-0.39, 0.29) is 22.8 Å². The molecule has 2 rings (SSSR count). The summed E-state index contributed by atoms with van der Waals surface area (Å²) < 4.78 is 0. The number of hydrogen-bond acceptors (Lipinski definition) is 3. The van der Waals surface area contributed by atoms with Crippen LogP contribution in [0, 0.1) is 5.92 Å². The lowest BCUT2D eigenvalue weighted by Gasteiger charge is -2.21. The van der Waals surface area contributed by atoms with Crippen molar-refractivity contribution in [2.24, 2.45) is 5.92 Å². The van der Waals surface area contributed by atoms with Crippen LogP contribution < -0.4 is 16.2 Å². The smallest absolute Gasteiger partial charge is 0.250 e. The number of thiocarbonyl (C=S) groups is 1. The lowest BCUT2D eigenvalue weighted by atomic mass is 9.89. The Bertz CT molecular complexity index is 581. The van der Waals surface area contributed by atoms with Gasteiger partial charge in [-0.2, -0.15) is 0 Å². The Morgan fingerprint density at radius 3 is 2.43 bits per heavy atom. The fourth-order valence-electron chi connectivity index (χ4n) is 2.51. The van der Waals surface area contributed by atoms with Gasteiger partial charge in [-0.3, -0.25) is 25.8 Å². The molecule has 6 heteroatoms. The maximum atomic E-state index is 11.9. The van der Waals surface area contributed by atoms with E-state index in [4.69, 9.17) is 12.2 Å². The van der Waals surface area contributed by atoms with Crippen LogP contribution in [0.25, 0.3) is 6.08 Å². The number of benzene rings is 1. The van der Waals surface area contributed by atoms with E-state index >= 15 is 0 Å². The van der Waals surface area contributed by atoms with Gasteiger partial charge in [0.1, 0.15) is 0 Å². The number of rotatable bonds is 3. The Morgan fingerprint density at radius 2 is 1.74 bits per heavy atom. The number of amides is 2. The molecule has 0 atom stereocenters. The molecule has 1 aliphatic carbocycles. The SMILES string of the molecule is O=C(C=Cc1ccccc1)NC(=S)NNC(=O)C1CCCCC1. The molecule has 0 radical (unpaired) electrons. The van der Waals surface area contributed by atoms with E-state index in [1.807, 2.05) is 30.3 Å². The molecule has 0 bridgehead atoms. The van der Waals surface area contributed by atoms with Crippen molar-refractivity contribution in [3.63, 3.8) is 0 Å². The zero-order valence-electron chi connectivity index (χ0n) is 12.9. The van der Waals surface area contributed by atoms with Crippen molar-refractivity contribution in [1.82, 2.24) is 16.2 Å². The highest BCUT2D eigenvalue weighted by Gasteiger charge is 2.20. The molecule has 1 fully saturated rings. The molecule has 122 valence electrons. The van der Waals surface area contributed by atoms with Crippen molar-refractivity contribution in [2.75, 3.05) is 0 Å². The molecule has 1 aromatic rings. The molecule has 3 N–H and O–H groups in total. The number of hydrazine groups is 1. The van der Waals surface area contributed by atoms with Crippen LogP contribution in [0.3, 0.4) is 0 Å². The predicted molar refractivity (Wildman–Crippen MR) is 94.1 cm³/mol. The molecule has 1 saturated carbocycles. The standard InChI is InChI=1S/C17H21N3O2S/c21-15(12-11-13-7-3-1-4-8-13)18-17(23)20-19-16(22)14-9-5-2-6-10-14/h1,3-4,7-8,11-12,14H,2,5-6,9-10H2,(H,19,22)(H2,18,20,21,23). The Kier molecular flexibility index (Phi) is 6.75. The summed E-state index contributed by atoms with van der Waals surface area (Å²) in [6.07, 6.45) is 8.27. The fourth-order valence-corrected chi connectivity index (χ4v) is 2.66. The first-order valence-corrected chi connectivity index (χ1v) is 8.20. The summed E-state index contributed by atoms with van der Waals surface area (Å²) >= 11 is 4.99. The van der Waals surface area contributed by atoms with E-state index < -0.39 is 0 Å². The molecule has 2 amide bonds. The number of nitrogens with one attached hydrogen (secondary N) is 3. The van der Waals surface area contributed by atoms with Crippen LogP contribution in [0.4, 0.5) is 0 Å². The zero-order valence-corrected chi connectivity index (χ0v) is 13.7. The summed E-state index contributed by atoms with van der Waals surface area (Å²) in [6.45, 7) is 0. The summed E-state index contributed by atoms with van der Waals surface area (Å²) in [5, 5.41) is 2.57. The first-order chi connectivity index (χ1) is 11.1. The predicted octanol–water partition coefficient (Wildman–Crippen LogP) is 2.30. The van der Waals surface area contributed by atoms with Gasteiger partial charge in [0, 0.05) is 12.0 Å². The molecule has 0 aliphatic heterocycles. The third-order valence-corrected chi connectivity index (χ3v) is 3.94. The Labute approximate surface area is 141 Å². The Balaban J connectivity index is 1.70. The van der Waals surface area contributed by atoms with Gasteiger partial charge in [-0.25, -0.2) is 0 Å². The second kappa shape index (κ2) is 9.05. The summed E-state index contributed by atoms with van der Waals surface area (Å²) in [4.78, 5) is 23.7. The van der Waals surface area contributed by atoms with Crippen molar-refractivity contribution in [3.05, 3.63) is 42.0 Å². The van der Waals surface area contributed by atoms with E-state index in [0.29, 0.717) is 0 Å². The average Bonchev–Trinajstić information content (AvgIpc) is 2.59. The summed E-state index contributed by atoms with van der Waals surface area (Å²) in [7, 11) is 0. The van der Waals surface area contributed by atoms with E-state index in [0.717, 1.165) is 31.2 Å². The van der Waals surface area contributed by atoms with E-state index in [2.05, 4.69) is 16.2 Å². The highest BCUT2D eigenvalue weighted by Crippen LogP contribution is 2.23. The van der Waals surface area contributed by atoms with Gasteiger partial charge in [-0.05, 0) is 36.7 Å². The maximum absolute atomic E-state index is 11.9. The molecule has 0 saturated heterocycles. The normalized spacial score (nSPS) is 15.1. The summed E-state index contributed by atoms with van der Waals surface area (Å²) in [6, 6.07) is 9.48. The Morgan fingerprint density at radius 1 is 1.04 bits per heavy atom. The lowest BCUT2D eigenvalue weighted by molar-refractivity contribution is -0.126. The fraction of sp³-hybridized carbons (Fsp3) is 0.353. The molecular weight excluding hydrogens is 310 g/mol. The van der Waals surface area contributed by atoms with Crippen molar-refractivity contribution in [3.8, 4) is 0 Å². The van der Waals surface area contributed by atoms with Gasteiger partial charge in [-0.1, -0.05) is 49.6 Å². The third-order valence-electron chi connectivity index (χ3n) is 3.74. The third kappa shape index (κ3) is 6.20. The molecule has 0 aromatic heterocycles. The maximum Gasteiger partial charge on any atom is 0.250 e. The van der Waals surface area contributed by atoms with Crippen LogP contribution in [-0.4, -0.2) is 16.9 Å².